The summed E-state index contributed by atoms with van der Waals surface area (Å²) in [6.45, 7) is 1.68. The van der Waals surface area contributed by atoms with Crippen LogP contribution in [0.2, 0.25) is 0 Å². The molecule has 0 fully saturated rings. The van der Waals surface area contributed by atoms with Crippen molar-refractivity contribution in [3.8, 4) is 0 Å². The number of methoxy groups -OCH3 is 1. The van der Waals surface area contributed by atoms with E-state index in [0.717, 1.165) is 5.56 Å². The van der Waals surface area contributed by atoms with Gasteiger partial charge in [0.25, 0.3) is 0 Å². The molecule has 1 heterocycles. The Balaban J connectivity index is 2.21. The van der Waals surface area contributed by atoms with Crippen LogP contribution >= 0.6 is 0 Å². The van der Waals surface area contributed by atoms with E-state index >= 15 is 0 Å². The Labute approximate surface area is 105 Å². The Bertz CT molecular complexity index is 570. The van der Waals surface area contributed by atoms with E-state index in [2.05, 4.69) is 9.72 Å². The summed E-state index contributed by atoms with van der Waals surface area (Å²) in [5.74, 6) is 0.349. The third kappa shape index (κ3) is 2.66. The van der Waals surface area contributed by atoms with Crippen molar-refractivity contribution < 1.29 is 13.9 Å². The highest BCUT2D eigenvalue weighted by molar-refractivity contribution is 5.88. The number of carbonyl (C=O) groups is 1. The smallest absolute Gasteiger partial charge is 0.360 e. The number of hydrogen-bond acceptors (Lipinski definition) is 4. The Hall–Kier alpha value is -2.36. The molecule has 0 atom stereocenters. The summed E-state index contributed by atoms with van der Waals surface area (Å²) >= 11 is 0. The highest BCUT2D eigenvalue weighted by Crippen LogP contribution is 2.13. The van der Waals surface area contributed by atoms with Crippen LogP contribution in [0.5, 0.6) is 0 Å². The van der Waals surface area contributed by atoms with Gasteiger partial charge in [0.05, 0.1) is 7.11 Å². The fraction of sp³-hybridized carbons (Fsp3) is 0.143. The van der Waals surface area contributed by atoms with Crippen molar-refractivity contribution in [2.75, 3.05) is 7.11 Å². The molecule has 0 N–H and O–H groups in total. The fourth-order valence-electron chi connectivity index (χ4n) is 1.51. The lowest BCUT2D eigenvalue weighted by molar-refractivity contribution is 0.0593. The molecule has 0 saturated heterocycles. The summed E-state index contributed by atoms with van der Waals surface area (Å²) in [6.07, 6.45) is 3.58. The molecule has 1 aromatic carbocycles. The SMILES string of the molecule is COC(=O)c1nc(C=Cc2ccccc2)oc1C. The number of rotatable bonds is 3. The van der Waals surface area contributed by atoms with Crippen molar-refractivity contribution in [2.45, 2.75) is 6.92 Å². The van der Waals surface area contributed by atoms with E-state index in [1.165, 1.54) is 7.11 Å². The van der Waals surface area contributed by atoms with Crippen LogP contribution < -0.4 is 0 Å². The topological polar surface area (TPSA) is 52.3 Å². The van der Waals surface area contributed by atoms with Crippen LogP contribution in [0.3, 0.4) is 0 Å². The molecule has 4 heteroatoms. The molecule has 0 radical (unpaired) electrons. The summed E-state index contributed by atoms with van der Waals surface area (Å²) in [6, 6.07) is 9.77. The van der Waals surface area contributed by atoms with Crippen molar-refractivity contribution in [1.82, 2.24) is 4.98 Å². The number of carbonyl (C=O) groups excluding carboxylic acids is 1. The van der Waals surface area contributed by atoms with E-state index in [1.54, 1.807) is 13.0 Å². The summed E-state index contributed by atoms with van der Waals surface area (Å²) in [4.78, 5) is 15.4. The zero-order valence-corrected chi connectivity index (χ0v) is 10.2. The van der Waals surface area contributed by atoms with Gasteiger partial charge in [-0.05, 0) is 18.6 Å². The lowest BCUT2D eigenvalue weighted by Gasteiger charge is -1.91. The van der Waals surface area contributed by atoms with Gasteiger partial charge in [-0.25, -0.2) is 9.78 Å². The quantitative estimate of drug-likeness (QED) is 0.778. The van der Waals surface area contributed by atoms with Crippen molar-refractivity contribution >= 4 is 18.1 Å². The summed E-state index contributed by atoms with van der Waals surface area (Å²) < 4.78 is 9.97. The largest absolute Gasteiger partial charge is 0.464 e. The molecule has 1 aromatic heterocycles. The van der Waals surface area contributed by atoms with Crippen LogP contribution in [0, 0.1) is 6.92 Å². The molecule has 0 aliphatic rings. The molecule has 2 aromatic rings. The highest BCUT2D eigenvalue weighted by atomic mass is 16.5. The van der Waals surface area contributed by atoms with E-state index in [1.807, 2.05) is 36.4 Å². The van der Waals surface area contributed by atoms with Crippen LogP contribution in [-0.4, -0.2) is 18.1 Å². The number of oxazole rings is 1. The van der Waals surface area contributed by atoms with Gasteiger partial charge >= 0.3 is 5.97 Å². The Kier molecular flexibility index (Phi) is 3.57. The van der Waals surface area contributed by atoms with Crippen molar-refractivity contribution in [3.63, 3.8) is 0 Å². The van der Waals surface area contributed by atoms with Crippen LogP contribution in [0.1, 0.15) is 27.7 Å². The molecule has 0 unspecified atom stereocenters. The average Bonchev–Trinajstić information content (AvgIpc) is 2.78. The maximum absolute atomic E-state index is 11.4. The second kappa shape index (κ2) is 5.31. The van der Waals surface area contributed by atoms with E-state index in [0.29, 0.717) is 11.7 Å². The molecule has 0 amide bonds. The van der Waals surface area contributed by atoms with Crippen LogP contribution in [-0.2, 0) is 4.74 Å². The van der Waals surface area contributed by atoms with E-state index in [4.69, 9.17) is 4.42 Å². The maximum Gasteiger partial charge on any atom is 0.360 e. The summed E-state index contributed by atoms with van der Waals surface area (Å²) in [7, 11) is 1.32. The number of aromatic nitrogens is 1. The van der Waals surface area contributed by atoms with Crippen LogP contribution in [0.15, 0.2) is 34.7 Å². The first kappa shape index (κ1) is 12.1. The first-order valence-electron chi connectivity index (χ1n) is 5.49. The molecule has 2 rings (SSSR count). The average molecular weight is 243 g/mol. The minimum Gasteiger partial charge on any atom is -0.464 e. The first-order chi connectivity index (χ1) is 8.70. The van der Waals surface area contributed by atoms with E-state index < -0.39 is 5.97 Å². The van der Waals surface area contributed by atoms with Crippen LogP contribution in [0.4, 0.5) is 0 Å². The standard InChI is InChI=1S/C14H13NO3/c1-10-13(14(16)17-2)15-12(18-10)9-8-11-6-4-3-5-7-11/h3-9H,1-2H3. The first-order valence-corrected chi connectivity index (χ1v) is 5.49. The lowest BCUT2D eigenvalue weighted by atomic mass is 10.2. The molecule has 0 saturated carbocycles. The van der Waals surface area contributed by atoms with Gasteiger partial charge in [-0.1, -0.05) is 30.3 Å². The second-order valence-electron chi connectivity index (χ2n) is 3.69. The molecule has 18 heavy (non-hydrogen) atoms. The molecular formula is C14H13NO3. The normalized spacial score (nSPS) is 10.8. The number of esters is 1. The van der Waals surface area contributed by atoms with Crippen molar-refractivity contribution in [1.29, 1.82) is 0 Å². The molecular weight excluding hydrogens is 230 g/mol. The lowest BCUT2D eigenvalue weighted by Crippen LogP contribution is -2.03. The third-order valence-corrected chi connectivity index (χ3v) is 2.41. The number of benzene rings is 1. The number of aryl methyl sites for hydroxylation is 1. The van der Waals surface area contributed by atoms with Gasteiger partial charge in [0.2, 0.25) is 5.89 Å². The Morgan fingerprint density at radius 1 is 1.28 bits per heavy atom. The van der Waals surface area contributed by atoms with Crippen molar-refractivity contribution in [3.05, 3.63) is 53.2 Å². The van der Waals surface area contributed by atoms with Gasteiger partial charge in [0.15, 0.2) is 5.69 Å². The zero-order valence-electron chi connectivity index (χ0n) is 10.2. The van der Waals surface area contributed by atoms with E-state index in [-0.39, 0.29) is 5.69 Å². The minimum absolute atomic E-state index is 0.213. The van der Waals surface area contributed by atoms with Gasteiger partial charge in [-0.15, -0.1) is 0 Å². The Morgan fingerprint density at radius 3 is 2.67 bits per heavy atom. The monoisotopic (exact) mass is 243 g/mol. The molecule has 0 spiro atoms. The van der Waals surface area contributed by atoms with Crippen molar-refractivity contribution in [2.24, 2.45) is 0 Å². The van der Waals surface area contributed by atoms with E-state index in [9.17, 15) is 4.79 Å². The predicted octanol–water partition coefficient (Wildman–Crippen LogP) is 2.94. The fourth-order valence-corrected chi connectivity index (χ4v) is 1.51. The minimum atomic E-state index is -0.490. The Morgan fingerprint density at radius 2 is 2.00 bits per heavy atom. The zero-order chi connectivity index (χ0) is 13.0. The maximum atomic E-state index is 11.4. The number of hydrogen-bond donors (Lipinski definition) is 0. The predicted molar refractivity (Wildman–Crippen MR) is 67.9 cm³/mol. The van der Waals surface area contributed by atoms with Gasteiger partial charge < -0.3 is 9.15 Å². The third-order valence-electron chi connectivity index (χ3n) is 2.41. The summed E-state index contributed by atoms with van der Waals surface area (Å²) in [5.41, 5.74) is 1.25. The number of ether oxygens (including phenoxy) is 1. The van der Waals surface area contributed by atoms with Gasteiger partial charge in [-0.2, -0.15) is 0 Å². The van der Waals surface area contributed by atoms with Gasteiger partial charge in [0, 0.05) is 6.08 Å². The molecule has 0 bridgehead atoms. The van der Waals surface area contributed by atoms with Gasteiger partial charge in [-0.3, -0.25) is 0 Å². The second-order valence-corrected chi connectivity index (χ2v) is 3.69. The van der Waals surface area contributed by atoms with Gasteiger partial charge in [0.1, 0.15) is 5.76 Å². The molecule has 0 aliphatic heterocycles. The number of nitrogens with zero attached hydrogens (tertiary/aromatic N) is 1. The highest BCUT2D eigenvalue weighted by Gasteiger charge is 2.15. The van der Waals surface area contributed by atoms with Crippen LogP contribution in [0.25, 0.3) is 12.2 Å². The summed E-state index contributed by atoms with van der Waals surface area (Å²) in [5, 5.41) is 0. The molecule has 0 aliphatic carbocycles. The molecule has 92 valence electrons. The molecule has 4 nitrogen and oxygen atoms in total.